The van der Waals surface area contributed by atoms with E-state index in [9.17, 15) is 4.79 Å². The van der Waals surface area contributed by atoms with Gasteiger partial charge in [-0.2, -0.15) is 0 Å². The van der Waals surface area contributed by atoms with Crippen LogP contribution in [0.2, 0.25) is 10.0 Å². The number of aryl methyl sites for hydroxylation is 1. The largest absolute Gasteiger partial charge is 0.454 e. The van der Waals surface area contributed by atoms with Gasteiger partial charge in [0.1, 0.15) is 11.4 Å². The van der Waals surface area contributed by atoms with Crippen LogP contribution in [-0.2, 0) is 13.6 Å². The fourth-order valence-corrected chi connectivity index (χ4v) is 6.34. The van der Waals surface area contributed by atoms with Gasteiger partial charge in [-0.3, -0.25) is 9.69 Å². The molecule has 0 atom stereocenters. The van der Waals surface area contributed by atoms with Gasteiger partial charge in [0.2, 0.25) is 12.7 Å². The van der Waals surface area contributed by atoms with Gasteiger partial charge in [-0.1, -0.05) is 29.3 Å². The molecule has 5 aromatic rings. The molecule has 7 rings (SSSR count). The van der Waals surface area contributed by atoms with Gasteiger partial charge in [0.05, 0.1) is 21.9 Å². The van der Waals surface area contributed by atoms with Crippen LogP contribution in [0.3, 0.4) is 0 Å². The fourth-order valence-electron chi connectivity index (χ4n) is 5.82. The molecule has 2 aliphatic rings. The average Bonchev–Trinajstić information content (AvgIpc) is 3.70. The van der Waals surface area contributed by atoms with Crippen LogP contribution >= 0.6 is 35.4 Å². The summed E-state index contributed by atoms with van der Waals surface area (Å²) in [6.07, 6.45) is 1.69. The number of pyridine rings is 1. The number of fused-ring (bicyclic) bond motifs is 2. The summed E-state index contributed by atoms with van der Waals surface area (Å²) >= 11 is 17.7. The molecule has 246 valence electrons. The second-order valence-electron chi connectivity index (χ2n) is 11.6. The SMILES string of the molecule is CN(C(=S)Nc1ccc(Cl)c(Cl)c1)c1ccc(Oc2ccc3c(c2)cc(C(=O)N2CCN(Cc4ccc5c(c4)OCO5)CC2)n3C)nc1. The second kappa shape index (κ2) is 13.5. The highest BCUT2D eigenvalue weighted by molar-refractivity contribution is 7.80. The number of carbonyl (C=O) groups excluding carboxylic acids is 1. The van der Waals surface area contributed by atoms with Crippen LogP contribution in [0.25, 0.3) is 10.9 Å². The van der Waals surface area contributed by atoms with Crippen molar-refractivity contribution < 1.29 is 19.0 Å². The number of ether oxygens (including phenoxy) is 3. The van der Waals surface area contributed by atoms with Crippen LogP contribution < -0.4 is 24.4 Å². The Kier molecular flexibility index (Phi) is 9.02. The summed E-state index contributed by atoms with van der Waals surface area (Å²) in [5, 5.41) is 5.44. The van der Waals surface area contributed by atoms with Crippen molar-refractivity contribution in [2.24, 2.45) is 7.05 Å². The molecule has 0 aliphatic carbocycles. The Labute approximate surface area is 293 Å². The van der Waals surface area contributed by atoms with Gasteiger partial charge in [0.15, 0.2) is 16.6 Å². The fraction of sp³-hybridized carbons (Fsp3) is 0.229. The normalized spacial score (nSPS) is 14.3. The first kappa shape index (κ1) is 32.0. The Bertz CT molecular complexity index is 2010. The van der Waals surface area contributed by atoms with Crippen LogP contribution in [0.5, 0.6) is 23.1 Å². The number of rotatable bonds is 7. The number of hydrogen-bond donors (Lipinski definition) is 1. The van der Waals surface area contributed by atoms with E-state index >= 15 is 0 Å². The molecule has 2 aliphatic heterocycles. The third-order valence-corrected chi connectivity index (χ3v) is 9.66. The molecule has 0 radical (unpaired) electrons. The predicted molar refractivity (Wildman–Crippen MR) is 192 cm³/mol. The smallest absolute Gasteiger partial charge is 0.270 e. The predicted octanol–water partition coefficient (Wildman–Crippen LogP) is 7.19. The van der Waals surface area contributed by atoms with Crippen LogP contribution in [0.1, 0.15) is 16.1 Å². The Morgan fingerprint density at radius 1 is 0.958 bits per heavy atom. The van der Waals surface area contributed by atoms with Crippen molar-refractivity contribution in [1.82, 2.24) is 19.4 Å². The molecule has 48 heavy (non-hydrogen) atoms. The number of aromatic nitrogens is 2. The number of amides is 1. The van der Waals surface area contributed by atoms with E-state index in [-0.39, 0.29) is 12.7 Å². The van der Waals surface area contributed by atoms with Crippen molar-refractivity contribution in [3.8, 4) is 23.1 Å². The summed E-state index contributed by atoms with van der Waals surface area (Å²) in [4.78, 5) is 24.2. The molecule has 1 amide bonds. The van der Waals surface area contributed by atoms with E-state index in [1.165, 1.54) is 5.56 Å². The Morgan fingerprint density at radius 2 is 1.77 bits per heavy atom. The lowest BCUT2D eigenvalue weighted by Gasteiger charge is -2.34. The van der Waals surface area contributed by atoms with E-state index in [4.69, 9.17) is 49.6 Å². The minimum Gasteiger partial charge on any atom is -0.454 e. The van der Waals surface area contributed by atoms with Gasteiger partial charge in [0.25, 0.3) is 5.91 Å². The molecule has 3 aromatic carbocycles. The summed E-state index contributed by atoms with van der Waals surface area (Å²) in [6.45, 7) is 3.98. The molecular weight excluding hydrogens is 671 g/mol. The number of hydrogen-bond acceptors (Lipinski definition) is 7. The van der Waals surface area contributed by atoms with Crippen molar-refractivity contribution in [2.75, 3.05) is 50.2 Å². The van der Waals surface area contributed by atoms with Gasteiger partial charge in [-0.05, 0) is 78.4 Å². The summed E-state index contributed by atoms with van der Waals surface area (Å²) in [5.74, 6) is 2.65. The van der Waals surface area contributed by atoms with Gasteiger partial charge in [0, 0.05) is 69.5 Å². The van der Waals surface area contributed by atoms with E-state index in [2.05, 4.69) is 21.3 Å². The molecule has 13 heteroatoms. The molecule has 4 heterocycles. The Morgan fingerprint density at radius 3 is 2.54 bits per heavy atom. The topological polar surface area (TPSA) is 84.3 Å². The first-order chi connectivity index (χ1) is 23.2. The van der Waals surface area contributed by atoms with Crippen molar-refractivity contribution >= 4 is 68.7 Å². The van der Waals surface area contributed by atoms with Gasteiger partial charge >= 0.3 is 0 Å². The molecule has 1 fully saturated rings. The number of anilines is 2. The maximum atomic E-state index is 13.6. The molecule has 10 nitrogen and oxygen atoms in total. The highest BCUT2D eigenvalue weighted by Crippen LogP contribution is 2.33. The second-order valence-corrected chi connectivity index (χ2v) is 12.8. The van der Waals surface area contributed by atoms with Crippen molar-refractivity contribution in [3.05, 3.63) is 100 Å². The summed E-state index contributed by atoms with van der Waals surface area (Å²) in [5.41, 5.74) is 4.26. The zero-order valence-corrected chi connectivity index (χ0v) is 28.6. The zero-order chi connectivity index (χ0) is 33.4. The van der Waals surface area contributed by atoms with E-state index < -0.39 is 0 Å². The van der Waals surface area contributed by atoms with Crippen molar-refractivity contribution in [3.63, 3.8) is 0 Å². The molecule has 0 spiro atoms. The van der Waals surface area contributed by atoms with Crippen molar-refractivity contribution in [1.29, 1.82) is 0 Å². The molecule has 0 unspecified atom stereocenters. The molecule has 0 saturated carbocycles. The van der Waals surface area contributed by atoms with E-state index in [1.54, 1.807) is 35.4 Å². The third kappa shape index (κ3) is 6.72. The first-order valence-corrected chi connectivity index (χ1v) is 16.5. The van der Waals surface area contributed by atoms with Crippen LogP contribution in [0.4, 0.5) is 11.4 Å². The summed E-state index contributed by atoms with van der Waals surface area (Å²) < 4.78 is 19.0. The minimum absolute atomic E-state index is 0.0202. The average molecular weight is 704 g/mol. The van der Waals surface area contributed by atoms with Gasteiger partial charge in [-0.25, -0.2) is 4.98 Å². The monoisotopic (exact) mass is 702 g/mol. The number of halogens is 2. The molecule has 2 aromatic heterocycles. The standard InChI is InChI=1S/C35H32Cl2N6O4S/c1-40(35(48)39-24-4-7-27(36)28(37)18-24)25-5-10-33(38-19-25)47-26-6-8-29-23(16-26)17-30(41(29)2)34(44)43-13-11-42(12-14-43)20-22-3-9-31-32(15-22)46-21-45-31/h3-10,15-19H,11-14,20-21H2,1-2H3,(H,39,48). The molecule has 0 bridgehead atoms. The Balaban J connectivity index is 0.960. The van der Waals surface area contributed by atoms with Crippen LogP contribution in [0.15, 0.2) is 79.0 Å². The van der Waals surface area contributed by atoms with E-state index in [0.29, 0.717) is 45.6 Å². The number of carbonyl (C=O) groups is 1. The minimum atomic E-state index is 0.0202. The highest BCUT2D eigenvalue weighted by Gasteiger charge is 2.25. The molecular formula is C35H32Cl2N6O4S. The summed E-state index contributed by atoms with van der Waals surface area (Å²) in [6, 6.07) is 22.6. The highest BCUT2D eigenvalue weighted by atomic mass is 35.5. The van der Waals surface area contributed by atoms with Gasteiger partial charge in [-0.15, -0.1) is 0 Å². The van der Waals surface area contributed by atoms with E-state index in [1.807, 2.05) is 66.0 Å². The first-order valence-electron chi connectivity index (χ1n) is 15.3. The molecule has 1 N–H and O–H groups in total. The number of benzene rings is 3. The van der Waals surface area contributed by atoms with E-state index in [0.717, 1.165) is 53.4 Å². The lowest BCUT2D eigenvalue weighted by Crippen LogP contribution is -2.48. The lowest BCUT2D eigenvalue weighted by atomic mass is 10.1. The number of nitrogens with one attached hydrogen (secondary N) is 1. The van der Waals surface area contributed by atoms with Crippen LogP contribution in [0, 0.1) is 0 Å². The number of piperazine rings is 1. The number of nitrogens with zero attached hydrogens (tertiary/aromatic N) is 5. The van der Waals surface area contributed by atoms with Crippen LogP contribution in [-0.4, -0.2) is 70.4 Å². The quantitative estimate of drug-likeness (QED) is 0.177. The third-order valence-electron chi connectivity index (χ3n) is 8.54. The maximum Gasteiger partial charge on any atom is 0.270 e. The summed E-state index contributed by atoms with van der Waals surface area (Å²) in [7, 11) is 3.76. The maximum absolute atomic E-state index is 13.6. The van der Waals surface area contributed by atoms with Gasteiger partial charge < -0.3 is 33.9 Å². The Hall–Kier alpha value is -4.55. The molecule has 1 saturated heterocycles. The van der Waals surface area contributed by atoms with Crippen molar-refractivity contribution in [2.45, 2.75) is 6.54 Å². The lowest BCUT2D eigenvalue weighted by molar-refractivity contribution is 0.0619. The zero-order valence-electron chi connectivity index (χ0n) is 26.3. The number of thiocarbonyl (C=S) groups is 1.